The van der Waals surface area contributed by atoms with Gasteiger partial charge in [-0.1, -0.05) is 31.0 Å². The molecule has 0 saturated heterocycles. The van der Waals surface area contributed by atoms with Crippen LogP contribution < -0.4 is 0 Å². The van der Waals surface area contributed by atoms with Crippen LogP contribution in [0.1, 0.15) is 53.0 Å². The van der Waals surface area contributed by atoms with Crippen molar-refractivity contribution in [1.82, 2.24) is 0 Å². The standard InChI is InChI=1S/C10H14O2S.C6H14O/c1-8(2)13(11,12)10-6-4-9(3)5-7-10;1-4-5-6(2,3)7/h4-8H,1-3H3;7H,4-5H2,1-3H3. The van der Waals surface area contributed by atoms with E-state index < -0.39 is 15.4 Å². The van der Waals surface area contributed by atoms with Crippen molar-refractivity contribution in [2.24, 2.45) is 0 Å². The van der Waals surface area contributed by atoms with Crippen LogP contribution in [0.25, 0.3) is 0 Å². The van der Waals surface area contributed by atoms with Gasteiger partial charge in [0.2, 0.25) is 0 Å². The first-order chi connectivity index (χ1) is 9.00. The van der Waals surface area contributed by atoms with Crippen molar-refractivity contribution in [2.45, 2.75) is 70.1 Å². The molecule has 0 amide bonds. The molecule has 0 bridgehead atoms. The summed E-state index contributed by atoms with van der Waals surface area (Å²) in [5.41, 5.74) is 0.622. The molecule has 3 nitrogen and oxygen atoms in total. The highest BCUT2D eigenvalue weighted by atomic mass is 32.2. The van der Waals surface area contributed by atoms with Crippen LogP contribution in [0.15, 0.2) is 29.2 Å². The van der Waals surface area contributed by atoms with Gasteiger partial charge in [-0.25, -0.2) is 8.42 Å². The van der Waals surface area contributed by atoms with Crippen LogP contribution in [-0.4, -0.2) is 24.4 Å². The largest absolute Gasteiger partial charge is 0.390 e. The Morgan fingerprint density at radius 1 is 1.15 bits per heavy atom. The Kier molecular flexibility index (Phi) is 7.45. The highest BCUT2D eigenvalue weighted by molar-refractivity contribution is 7.92. The fourth-order valence-electron chi connectivity index (χ4n) is 1.61. The van der Waals surface area contributed by atoms with Crippen LogP contribution in [0, 0.1) is 6.92 Å². The number of rotatable bonds is 4. The molecule has 0 aliphatic carbocycles. The molecular weight excluding hydrogens is 272 g/mol. The summed E-state index contributed by atoms with van der Waals surface area (Å²) in [4.78, 5) is 0.410. The van der Waals surface area contributed by atoms with Gasteiger partial charge in [0.15, 0.2) is 9.84 Å². The molecule has 4 heteroatoms. The van der Waals surface area contributed by atoms with Crippen LogP contribution in [0.2, 0.25) is 0 Å². The molecule has 0 saturated carbocycles. The van der Waals surface area contributed by atoms with Crippen molar-refractivity contribution in [2.75, 3.05) is 0 Å². The number of hydrogen-bond acceptors (Lipinski definition) is 3. The SMILES string of the molecule is CCCC(C)(C)O.Cc1ccc(S(=O)(=O)C(C)C)cc1. The third-order valence-electron chi connectivity index (χ3n) is 2.83. The summed E-state index contributed by atoms with van der Waals surface area (Å²) in [6.07, 6.45) is 1.95. The predicted molar refractivity (Wildman–Crippen MR) is 84.7 cm³/mol. The zero-order valence-electron chi connectivity index (χ0n) is 13.5. The lowest BCUT2D eigenvalue weighted by atomic mass is 10.0. The molecule has 20 heavy (non-hydrogen) atoms. The molecule has 0 unspecified atom stereocenters. The maximum Gasteiger partial charge on any atom is 0.180 e. The lowest BCUT2D eigenvalue weighted by Gasteiger charge is -2.14. The fraction of sp³-hybridized carbons (Fsp3) is 0.625. The van der Waals surface area contributed by atoms with E-state index >= 15 is 0 Å². The van der Waals surface area contributed by atoms with E-state index in [1.807, 2.05) is 32.9 Å². The summed E-state index contributed by atoms with van der Waals surface area (Å²) >= 11 is 0. The van der Waals surface area contributed by atoms with Crippen LogP contribution in [0.5, 0.6) is 0 Å². The molecule has 0 atom stereocenters. The molecule has 0 heterocycles. The summed E-state index contributed by atoms with van der Waals surface area (Å²) in [6, 6.07) is 6.94. The highest BCUT2D eigenvalue weighted by Crippen LogP contribution is 2.15. The third-order valence-corrected chi connectivity index (χ3v) is 5.00. The van der Waals surface area contributed by atoms with Crippen molar-refractivity contribution < 1.29 is 13.5 Å². The number of aryl methyl sites for hydroxylation is 1. The van der Waals surface area contributed by atoms with E-state index in [4.69, 9.17) is 5.11 Å². The third kappa shape index (κ3) is 7.06. The van der Waals surface area contributed by atoms with E-state index in [2.05, 4.69) is 6.92 Å². The molecule has 0 radical (unpaired) electrons. The van der Waals surface area contributed by atoms with Gasteiger partial charge in [0.1, 0.15) is 0 Å². The van der Waals surface area contributed by atoms with Crippen LogP contribution in [-0.2, 0) is 9.84 Å². The molecule has 1 aromatic carbocycles. The van der Waals surface area contributed by atoms with Gasteiger partial charge in [-0.05, 0) is 53.2 Å². The monoisotopic (exact) mass is 300 g/mol. The number of sulfone groups is 1. The van der Waals surface area contributed by atoms with E-state index in [0.717, 1.165) is 18.4 Å². The summed E-state index contributed by atoms with van der Waals surface area (Å²) < 4.78 is 23.3. The second kappa shape index (κ2) is 7.79. The molecule has 0 fully saturated rings. The smallest absolute Gasteiger partial charge is 0.180 e. The number of aliphatic hydroxyl groups is 1. The van der Waals surface area contributed by atoms with Crippen molar-refractivity contribution in [3.8, 4) is 0 Å². The van der Waals surface area contributed by atoms with Gasteiger partial charge in [0.25, 0.3) is 0 Å². The average Bonchev–Trinajstić information content (AvgIpc) is 2.28. The second-order valence-corrected chi connectivity index (χ2v) is 8.47. The zero-order valence-corrected chi connectivity index (χ0v) is 14.3. The molecule has 1 N–H and O–H groups in total. The van der Waals surface area contributed by atoms with E-state index in [1.165, 1.54) is 0 Å². The molecular formula is C16H28O3S. The first kappa shape index (κ1) is 19.1. The molecule has 0 aliphatic rings. The summed E-state index contributed by atoms with van der Waals surface area (Å²) in [5, 5.41) is 8.67. The van der Waals surface area contributed by atoms with Crippen molar-refractivity contribution >= 4 is 9.84 Å². The first-order valence-electron chi connectivity index (χ1n) is 7.03. The molecule has 0 aliphatic heterocycles. The summed E-state index contributed by atoms with van der Waals surface area (Å²) in [5.74, 6) is 0. The molecule has 1 aromatic rings. The van der Waals surface area contributed by atoms with Gasteiger partial charge < -0.3 is 5.11 Å². The van der Waals surface area contributed by atoms with Gasteiger partial charge >= 0.3 is 0 Å². The van der Waals surface area contributed by atoms with Gasteiger partial charge in [-0.3, -0.25) is 0 Å². The Bertz CT molecular complexity index is 479. The Morgan fingerprint density at radius 2 is 1.60 bits per heavy atom. The van der Waals surface area contributed by atoms with Gasteiger partial charge in [0, 0.05) is 0 Å². The topological polar surface area (TPSA) is 54.4 Å². The molecule has 0 spiro atoms. The summed E-state index contributed by atoms with van der Waals surface area (Å²) in [6.45, 7) is 11.0. The molecule has 1 rings (SSSR count). The van der Waals surface area contributed by atoms with Crippen molar-refractivity contribution in [3.05, 3.63) is 29.8 Å². The summed E-state index contributed by atoms with van der Waals surface area (Å²) in [7, 11) is -3.09. The lowest BCUT2D eigenvalue weighted by Crippen LogP contribution is -2.16. The van der Waals surface area contributed by atoms with E-state index in [0.29, 0.717) is 4.90 Å². The average molecular weight is 300 g/mol. The van der Waals surface area contributed by atoms with E-state index in [9.17, 15) is 8.42 Å². The molecule has 0 aromatic heterocycles. The fourth-order valence-corrected chi connectivity index (χ4v) is 2.67. The van der Waals surface area contributed by atoms with E-state index in [-0.39, 0.29) is 5.25 Å². The predicted octanol–water partition coefficient (Wildman–Crippen LogP) is 3.73. The van der Waals surface area contributed by atoms with Crippen molar-refractivity contribution in [3.63, 3.8) is 0 Å². The number of benzene rings is 1. The molecule has 116 valence electrons. The maximum absolute atomic E-state index is 11.6. The first-order valence-corrected chi connectivity index (χ1v) is 8.58. The maximum atomic E-state index is 11.6. The zero-order chi connectivity index (χ0) is 16.0. The van der Waals surface area contributed by atoms with Crippen LogP contribution in [0.4, 0.5) is 0 Å². The van der Waals surface area contributed by atoms with Crippen LogP contribution >= 0.6 is 0 Å². The normalized spacial score (nSPS) is 12.0. The quantitative estimate of drug-likeness (QED) is 0.921. The lowest BCUT2D eigenvalue weighted by molar-refractivity contribution is 0.0703. The Morgan fingerprint density at radius 3 is 1.85 bits per heavy atom. The second-order valence-electron chi connectivity index (χ2n) is 5.97. The van der Waals surface area contributed by atoms with E-state index in [1.54, 1.807) is 26.0 Å². The van der Waals surface area contributed by atoms with Gasteiger partial charge in [-0.15, -0.1) is 0 Å². The Balaban J connectivity index is 0.000000441. The van der Waals surface area contributed by atoms with Gasteiger partial charge in [-0.2, -0.15) is 0 Å². The van der Waals surface area contributed by atoms with Crippen molar-refractivity contribution in [1.29, 1.82) is 0 Å². The number of hydrogen-bond donors (Lipinski definition) is 1. The highest BCUT2D eigenvalue weighted by Gasteiger charge is 2.18. The van der Waals surface area contributed by atoms with Gasteiger partial charge in [0.05, 0.1) is 15.7 Å². The minimum Gasteiger partial charge on any atom is -0.390 e. The minimum absolute atomic E-state index is 0.352. The Hall–Kier alpha value is -0.870. The Labute approximate surface area is 124 Å². The minimum atomic E-state index is -3.09. The van der Waals surface area contributed by atoms with Crippen LogP contribution in [0.3, 0.4) is 0 Å².